The second-order valence-electron chi connectivity index (χ2n) is 5.94. The first-order valence-electron chi connectivity index (χ1n) is 7.99. The fourth-order valence-electron chi connectivity index (χ4n) is 3.07. The average Bonchev–Trinajstić information content (AvgIpc) is 2.56. The number of anilines is 1. The highest BCUT2D eigenvalue weighted by molar-refractivity contribution is 5.77. The molecule has 1 unspecified atom stereocenters. The number of hydrogen-bond donors (Lipinski definition) is 1. The number of piperazine rings is 1. The summed E-state index contributed by atoms with van der Waals surface area (Å²) in [6.45, 7) is 7.52. The van der Waals surface area contributed by atoms with Crippen molar-refractivity contribution < 1.29 is 9.53 Å². The van der Waals surface area contributed by atoms with Gasteiger partial charge in [-0.1, -0.05) is 6.07 Å². The molecule has 3 rings (SSSR count). The number of nitrogens with one attached hydrogen (secondary N) is 1. The second kappa shape index (κ2) is 7.07. The van der Waals surface area contributed by atoms with E-state index in [1.165, 1.54) is 5.56 Å². The maximum absolute atomic E-state index is 12.4. The van der Waals surface area contributed by atoms with Crippen molar-refractivity contribution in [3.8, 4) is 0 Å². The molecule has 2 saturated heterocycles. The lowest BCUT2D eigenvalue weighted by atomic mass is 10.1. The van der Waals surface area contributed by atoms with Crippen LogP contribution in [-0.4, -0.2) is 67.8 Å². The molecule has 1 aromatic heterocycles. The summed E-state index contributed by atoms with van der Waals surface area (Å²) in [5, 5.41) is 3.34. The molecule has 0 radical (unpaired) electrons. The van der Waals surface area contributed by atoms with E-state index in [2.05, 4.69) is 28.2 Å². The molecule has 0 aliphatic carbocycles. The fourth-order valence-corrected chi connectivity index (χ4v) is 3.07. The van der Waals surface area contributed by atoms with Gasteiger partial charge in [0, 0.05) is 51.4 Å². The van der Waals surface area contributed by atoms with Crippen molar-refractivity contribution in [2.75, 3.05) is 50.8 Å². The van der Waals surface area contributed by atoms with Crippen LogP contribution < -0.4 is 10.2 Å². The van der Waals surface area contributed by atoms with Crippen LogP contribution >= 0.6 is 0 Å². The summed E-state index contributed by atoms with van der Waals surface area (Å²) in [5.74, 6) is 1.26. The van der Waals surface area contributed by atoms with E-state index in [0.29, 0.717) is 13.0 Å². The van der Waals surface area contributed by atoms with Crippen molar-refractivity contribution in [1.82, 2.24) is 15.2 Å². The van der Waals surface area contributed by atoms with Crippen molar-refractivity contribution >= 4 is 11.7 Å². The van der Waals surface area contributed by atoms with Crippen LogP contribution in [0.3, 0.4) is 0 Å². The quantitative estimate of drug-likeness (QED) is 0.877. The van der Waals surface area contributed by atoms with Crippen LogP contribution in [0.15, 0.2) is 18.3 Å². The molecule has 6 heteroatoms. The largest absolute Gasteiger partial charge is 0.378 e. The Kier molecular flexibility index (Phi) is 4.90. The molecule has 1 amide bonds. The molecular weight excluding hydrogens is 280 g/mol. The molecule has 2 aliphatic rings. The van der Waals surface area contributed by atoms with E-state index in [9.17, 15) is 4.79 Å². The van der Waals surface area contributed by atoms with E-state index in [-0.39, 0.29) is 11.9 Å². The third-order valence-corrected chi connectivity index (χ3v) is 4.33. The Bertz CT molecular complexity index is 509. The first kappa shape index (κ1) is 15.2. The molecule has 120 valence electrons. The smallest absolute Gasteiger partial charge is 0.224 e. The number of amides is 1. The van der Waals surface area contributed by atoms with E-state index in [4.69, 9.17) is 4.74 Å². The van der Waals surface area contributed by atoms with Gasteiger partial charge in [-0.15, -0.1) is 0 Å². The SMILES string of the molecule is Cc1cccnc1N1CCN(C(=O)CC2COCCN2)CC1. The number of hydrogen-bond acceptors (Lipinski definition) is 5. The van der Waals surface area contributed by atoms with Crippen LogP contribution in [0.2, 0.25) is 0 Å². The highest BCUT2D eigenvalue weighted by Crippen LogP contribution is 2.18. The molecule has 1 aromatic rings. The van der Waals surface area contributed by atoms with Crippen LogP contribution in [0, 0.1) is 6.92 Å². The van der Waals surface area contributed by atoms with Crippen LogP contribution in [-0.2, 0) is 9.53 Å². The summed E-state index contributed by atoms with van der Waals surface area (Å²) < 4.78 is 5.41. The Balaban J connectivity index is 1.51. The van der Waals surface area contributed by atoms with E-state index < -0.39 is 0 Å². The molecular formula is C16H24N4O2. The first-order valence-corrected chi connectivity index (χ1v) is 7.99. The van der Waals surface area contributed by atoms with Gasteiger partial charge in [0.05, 0.1) is 13.2 Å². The highest BCUT2D eigenvalue weighted by atomic mass is 16.5. The monoisotopic (exact) mass is 304 g/mol. The summed E-state index contributed by atoms with van der Waals surface area (Å²) >= 11 is 0. The second-order valence-corrected chi connectivity index (χ2v) is 5.94. The summed E-state index contributed by atoms with van der Waals surface area (Å²) in [6.07, 6.45) is 2.36. The Morgan fingerprint density at radius 2 is 2.23 bits per heavy atom. The molecule has 2 aliphatic heterocycles. The summed E-state index contributed by atoms with van der Waals surface area (Å²) in [5.41, 5.74) is 1.19. The molecule has 3 heterocycles. The minimum Gasteiger partial charge on any atom is -0.378 e. The number of rotatable bonds is 3. The van der Waals surface area contributed by atoms with Gasteiger partial charge in [0.25, 0.3) is 0 Å². The third kappa shape index (κ3) is 3.56. The van der Waals surface area contributed by atoms with Gasteiger partial charge in [0.1, 0.15) is 5.82 Å². The molecule has 0 bridgehead atoms. The van der Waals surface area contributed by atoms with Gasteiger partial charge in [0.15, 0.2) is 0 Å². The molecule has 2 fully saturated rings. The lowest BCUT2D eigenvalue weighted by Crippen LogP contribution is -2.51. The number of pyridine rings is 1. The number of carbonyl (C=O) groups excluding carboxylic acids is 1. The van der Waals surface area contributed by atoms with Gasteiger partial charge in [-0.3, -0.25) is 4.79 Å². The summed E-state index contributed by atoms with van der Waals surface area (Å²) in [6, 6.07) is 4.20. The standard InChI is InChI=1S/C16H24N4O2/c1-13-3-2-4-18-16(13)20-8-6-19(7-9-20)15(21)11-14-12-22-10-5-17-14/h2-4,14,17H,5-12H2,1H3. The maximum Gasteiger partial charge on any atom is 0.224 e. The van der Waals surface area contributed by atoms with E-state index in [1.54, 1.807) is 0 Å². The van der Waals surface area contributed by atoms with Crippen LogP contribution in [0.5, 0.6) is 0 Å². The summed E-state index contributed by atoms with van der Waals surface area (Å²) in [7, 11) is 0. The number of morpholine rings is 1. The minimum atomic E-state index is 0.164. The lowest BCUT2D eigenvalue weighted by Gasteiger charge is -2.36. The third-order valence-electron chi connectivity index (χ3n) is 4.33. The number of aromatic nitrogens is 1. The van der Waals surface area contributed by atoms with Crippen molar-refractivity contribution in [3.05, 3.63) is 23.9 Å². The van der Waals surface area contributed by atoms with Gasteiger partial charge in [-0.05, 0) is 18.6 Å². The van der Waals surface area contributed by atoms with E-state index in [1.807, 2.05) is 17.2 Å². The topological polar surface area (TPSA) is 57.7 Å². The lowest BCUT2D eigenvalue weighted by molar-refractivity contribution is -0.132. The molecule has 6 nitrogen and oxygen atoms in total. The van der Waals surface area contributed by atoms with Crippen molar-refractivity contribution in [2.45, 2.75) is 19.4 Å². The Labute approximate surface area is 131 Å². The van der Waals surface area contributed by atoms with Crippen LogP contribution in [0.4, 0.5) is 5.82 Å². The van der Waals surface area contributed by atoms with E-state index >= 15 is 0 Å². The maximum atomic E-state index is 12.4. The zero-order valence-corrected chi connectivity index (χ0v) is 13.1. The number of nitrogens with zero attached hydrogens (tertiary/aromatic N) is 3. The number of ether oxygens (including phenoxy) is 1. The van der Waals surface area contributed by atoms with Gasteiger partial charge in [0.2, 0.25) is 5.91 Å². The first-order chi connectivity index (χ1) is 10.7. The fraction of sp³-hybridized carbons (Fsp3) is 0.625. The molecule has 0 spiro atoms. The van der Waals surface area contributed by atoms with Crippen molar-refractivity contribution in [2.24, 2.45) is 0 Å². The summed E-state index contributed by atoms with van der Waals surface area (Å²) in [4.78, 5) is 21.1. The van der Waals surface area contributed by atoms with Crippen LogP contribution in [0.25, 0.3) is 0 Å². The molecule has 1 atom stereocenters. The highest BCUT2D eigenvalue weighted by Gasteiger charge is 2.25. The molecule has 22 heavy (non-hydrogen) atoms. The van der Waals surface area contributed by atoms with Gasteiger partial charge in [-0.25, -0.2) is 4.98 Å². The average molecular weight is 304 g/mol. The normalized spacial score (nSPS) is 22.7. The van der Waals surface area contributed by atoms with Crippen molar-refractivity contribution in [3.63, 3.8) is 0 Å². The molecule has 0 aromatic carbocycles. The van der Waals surface area contributed by atoms with E-state index in [0.717, 1.165) is 45.1 Å². The van der Waals surface area contributed by atoms with Crippen LogP contribution in [0.1, 0.15) is 12.0 Å². The Morgan fingerprint density at radius 1 is 1.41 bits per heavy atom. The zero-order chi connectivity index (χ0) is 15.4. The molecule has 0 saturated carbocycles. The minimum absolute atomic E-state index is 0.164. The number of aryl methyl sites for hydroxylation is 1. The van der Waals surface area contributed by atoms with Gasteiger partial charge < -0.3 is 19.9 Å². The Hall–Kier alpha value is -1.66. The molecule has 1 N–H and O–H groups in total. The Morgan fingerprint density at radius 3 is 2.91 bits per heavy atom. The zero-order valence-electron chi connectivity index (χ0n) is 13.1. The predicted octanol–water partition coefficient (Wildman–Crippen LogP) is 0.417. The van der Waals surface area contributed by atoms with Gasteiger partial charge >= 0.3 is 0 Å². The number of carbonyl (C=O) groups is 1. The predicted molar refractivity (Wildman–Crippen MR) is 85.0 cm³/mol. The van der Waals surface area contributed by atoms with Crippen molar-refractivity contribution in [1.29, 1.82) is 0 Å². The van der Waals surface area contributed by atoms with Gasteiger partial charge in [-0.2, -0.15) is 0 Å².